The molecule has 0 aromatic heterocycles. The van der Waals surface area contributed by atoms with E-state index >= 15 is 4.79 Å². The number of likely N-dealkylation sites (tertiary alicyclic amines) is 1. The molecular formula is C38H49N3O5S. The smallest absolute Gasteiger partial charge is 0.251 e. The SMILES string of the molecule is C=CCN(C(=O)[C@@H]1[C@@H]2CCC3(S2)C(C(=O)N(CC=C)c2cc(C)ccc2C)N([C@@H](CO)CC(C)C)C(=O)[C@H]13)c1ccc(OCC)cc1. The standard InChI is InChI=1S/C38H49N3O5S/c1-8-19-39(27-13-15-29(16-14-27)46-10-3)35(43)32-31-17-18-38(47-31)33(32)36(44)41(28(23-42)21-24(4)5)34(38)37(45)40(20-9-2)30-22-25(6)11-12-26(30)7/h8-9,11-16,22,24,28,31-34,42H,1-2,10,17-21,23H2,3-7H3/t28-,31+,32-,33+,34?,38?/m1/s1. The second kappa shape index (κ2) is 14.3. The first-order valence-electron chi connectivity index (χ1n) is 16.8. The van der Waals surface area contributed by atoms with Gasteiger partial charge in [-0.05, 0) is 87.4 Å². The molecule has 3 amide bonds. The molecule has 2 bridgehead atoms. The molecule has 3 fully saturated rings. The summed E-state index contributed by atoms with van der Waals surface area (Å²) in [7, 11) is 0. The fraction of sp³-hybridized carbons (Fsp3) is 0.500. The zero-order valence-electron chi connectivity index (χ0n) is 28.4. The number of benzene rings is 2. The number of amides is 3. The summed E-state index contributed by atoms with van der Waals surface area (Å²) >= 11 is 1.64. The summed E-state index contributed by atoms with van der Waals surface area (Å²) in [5.41, 5.74) is 3.46. The van der Waals surface area contributed by atoms with Crippen LogP contribution in [0.25, 0.3) is 0 Å². The summed E-state index contributed by atoms with van der Waals surface area (Å²) < 4.78 is 4.83. The highest BCUT2D eigenvalue weighted by Gasteiger charge is 2.74. The maximum absolute atomic E-state index is 15.1. The predicted molar refractivity (Wildman–Crippen MR) is 190 cm³/mol. The van der Waals surface area contributed by atoms with E-state index < -0.39 is 28.7 Å². The average Bonchev–Trinajstić information content (AvgIpc) is 3.70. The van der Waals surface area contributed by atoms with E-state index in [1.165, 1.54) is 0 Å². The Morgan fingerprint density at radius 2 is 1.77 bits per heavy atom. The lowest BCUT2D eigenvalue weighted by molar-refractivity contribution is -0.142. The molecule has 2 aromatic carbocycles. The van der Waals surface area contributed by atoms with E-state index in [2.05, 4.69) is 27.0 Å². The fourth-order valence-corrected chi connectivity index (χ4v) is 10.2. The van der Waals surface area contributed by atoms with E-state index in [-0.39, 0.29) is 48.6 Å². The molecule has 0 saturated carbocycles. The number of rotatable bonds is 14. The van der Waals surface area contributed by atoms with Crippen LogP contribution in [-0.2, 0) is 14.4 Å². The van der Waals surface area contributed by atoms with Gasteiger partial charge in [-0.2, -0.15) is 0 Å². The highest BCUT2D eigenvalue weighted by molar-refractivity contribution is 8.02. The van der Waals surface area contributed by atoms with Gasteiger partial charge < -0.3 is 24.5 Å². The summed E-state index contributed by atoms with van der Waals surface area (Å²) in [6, 6.07) is 12.0. The van der Waals surface area contributed by atoms with Crippen molar-refractivity contribution in [2.24, 2.45) is 17.8 Å². The number of aliphatic hydroxyl groups excluding tert-OH is 1. The topological polar surface area (TPSA) is 90.4 Å². The molecule has 0 radical (unpaired) electrons. The molecule has 3 aliphatic heterocycles. The number of carbonyl (C=O) groups excluding carboxylic acids is 3. The number of thioether (sulfide) groups is 1. The molecule has 1 N–H and O–H groups in total. The van der Waals surface area contributed by atoms with Crippen molar-refractivity contribution in [3.05, 3.63) is 78.9 Å². The molecule has 9 heteroatoms. The number of hydrogen-bond acceptors (Lipinski definition) is 6. The van der Waals surface area contributed by atoms with Crippen molar-refractivity contribution >= 4 is 40.9 Å². The third kappa shape index (κ3) is 6.24. The Labute approximate surface area is 283 Å². The van der Waals surface area contributed by atoms with Crippen molar-refractivity contribution < 1.29 is 24.2 Å². The van der Waals surface area contributed by atoms with Gasteiger partial charge in [0.05, 0.1) is 35.8 Å². The third-order valence-corrected chi connectivity index (χ3v) is 11.8. The molecular weight excluding hydrogens is 611 g/mol. The predicted octanol–water partition coefficient (Wildman–Crippen LogP) is 5.94. The van der Waals surface area contributed by atoms with E-state index in [0.717, 1.165) is 23.2 Å². The molecule has 252 valence electrons. The molecule has 2 aromatic rings. The lowest BCUT2D eigenvalue weighted by atomic mass is 9.70. The van der Waals surface area contributed by atoms with Gasteiger partial charge in [0.25, 0.3) is 5.91 Å². The van der Waals surface area contributed by atoms with Gasteiger partial charge in [0, 0.05) is 29.7 Å². The first-order valence-corrected chi connectivity index (χ1v) is 17.7. The average molecular weight is 660 g/mol. The van der Waals surface area contributed by atoms with Crippen molar-refractivity contribution in [2.45, 2.75) is 76.0 Å². The number of carbonyl (C=O) groups is 3. The van der Waals surface area contributed by atoms with E-state index in [1.807, 2.05) is 63.2 Å². The maximum atomic E-state index is 15.1. The van der Waals surface area contributed by atoms with Crippen molar-refractivity contribution in [2.75, 3.05) is 36.1 Å². The van der Waals surface area contributed by atoms with Gasteiger partial charge in [0.15, 0.2) is 0 Å². The van der Waals surface area contributed by atoms with Crippen LogP contribution in [0.3, 0.4) is 0 Å². The van der Waals surface area contributed by atoms with Crippen molar-refractivity contribution in [1.82, 2.24) is 4.90 Å². The summed E-state index contributed by atoms with van der Waals surface area (Å²) in [6.45, 7) is 18.7. The van der Waals surface area contributed by atoms with Gasteiger partial charge in [-0.1, -0.05) is 38.1 Å². The Hall–Kier alpha value is -3.56. The molecule has 5 rings (SSSR count). The van der Waals surface area contributed by atoms with Gasteiger partial charge in [0.1, 0.15) is 11.8 Å². The maximum Gasteiger partial charge on any atom is 0.251 e. The molecule has 0 aliphatic carbocycles. The fourth-order valence-electron chi connectivity index (χ4n) is 7.98. The minimum absolute atomic E-state index is 0.102. The number of aryl methyl sites for hydroxylation is 2. The largest absolute Gasteiger partial charge is 0.494 e. The zero-order valence-corrected chi connectivity index (χ0v) is 29.2. The second-order valence-electron chi connectivity index (χ2n) is 13.5. The Morgan fingerprint density at radius 1 is 1.09 bits per heavy atom. The minimum Gasteiger partial charge on any atom is -0.494 e. The Balaban J connectivity index is 1.60. The molecule has 8 nitrogen and oxygen atoms in total. The Morgan fingerprint density at radius 3 is 2.38 bits per heavy atom. The lowest BCUT2D eigenvalue weighted by Crippen LogP contribution is -2.58. The van der Waals surface area contributed by atoms with E-state index in [1.54, 1.807) is 38.6 Å². The number of nitrogens with zero attached hydrogens (tertiary/aromatic N) is 3. The molecule has 3 saturated heterocycles. The number of hydrogen-bond donors (Lipinski definition) is 1. The summed E-state index contributed by atoms with van der Waals surface area (Å²) in [5, 5.41) is 10.6. The van der Waals surface area contributed by atoms with Crippen molar-refractivity contribution in [3.63, 3.8) is 0 Å². The van der Waals surface area contributed by atoms with Gasteiger partial charge >= 0.3 is 0 Å². The molecule has 3 aliphatic rings. The van der Waals surface area contributed by atoms with Gasteiger partial charge in [0.2, 0.25) is 11.8 Å². The third-order valence-electron chi connectivity index (χ3n) is 9.87. The quantitative estimate of drug-likeness (QED) is 0.253. The van der Waals surface area contributed by atoms with Crippen molar-refractivity contribution in [3.8, 4) is 5.75 Å². The van der Waals surface area contributed by atoms with Crippen LogP contribution in [0.2, 0.25) is 0 Å². The summed E-state index contributed by atoms with van der Waals surface area (Å²) in [5.74, 6) is -0.934. The summed E-state index contributed by atoms with van der Waals surface area (Å²) in [6.07, 6.45) is 5.33. The molecule has 3 heterocycles. The molecule has 47 heavy (non-hydrogen) atoms. The van der Waals surface area contributed by atoms with E-state index in [9.17, 15) is 14.7 Å². The summed E-state index contributed by atoms with van der Waals surface area (Å²) in [4.78, 5) is 49.7. The number of ether oxygens (including phenoxy) is 1. The lowest BCUT2D eigenvalue weighted by Gasteiger charge is -2.40. The first kappa shape index (κ1) is 34.8. The van der Waals surface area contributed by atoms with Crippen LogP contribution >= 0.6 is 11.8 Å². The van der Waals surface area contributed by atoms with Crippen LogP contribution in [0.4, 0.5) is 11.4 Å². The van der Waals surface area contributed by atoms with E-state index in [4.69, 9.17) is 4.74 Å². The number of aliphatic hydroxyl groups is 1. The normalized spacial score (nSPS) is 25.1. The zero-order chi connectivity index (χ0) is 34.0. The van der Waals surface area contributed by atoms with Gasteiger partial charge in [-0.15, -0.1) is 24.9 Å². The highest BCUT2D eigenvalue weighted by atomic mass is 32.2. The number of fused-ring (bicyclic) bond motifs is 1. The van der Waals surface area contributed by atoms with Crippen LogP contribution in [-0.4, -0.2) is 76.1 Å². The Kier molecular flexibility index (Phi) is 10.6. The van der Waals surface area contributed by atoms with Crippen LogP contribution in [0.1, 0.15) is 51.2 Å². The van der Waals surface area contributed by atoms with Crippen LogP contribution in [0, 0.1) is 31.6 Å². The highest BCUT2D eigenvalue weighted by Crippen LogP contribution is 2.67. The molecule has 6 atom stereocenters. The number of anilines is 2. The van der Waals surface area contributed by atoms with Crippen molar-refractivity contribution in [1.29, 1.82) is 0 Å². The van der Waals surface area contributed by atoms with Crippen LogP contribution < -0.4 is 14.5 Å². The minimum atomic E-state index is -0.832. The van der Waals surface area contributed by atoms with Crippen LogP contribution in [0.5, 0.6) is 5.75 Å². The Bertz CT molecular complexity index is 1510. The van der Waals surface area contributed by atoms with Gasteiger partial charge in [-0.25, -0.2) is 0 Å². The van der Waals surface area contributed by atoms with Gasteiger partial charge in [-0.3, -0.25) is 14.4 Å². The van der Waals surface area contributed by atoms with Crippen LogP contribution in [0.15, 0.2) is 67.8 Å². The molecule has 1 spiro atoms. The monoisotopic (exact) mass is 659 g/mol. The first-order chi connectivity index (χ1) is 22.5. The second-order valence-corrected chi connectivity index (χ2v) is 15.1. The molecule has 2 unspecified atom stereocenters. The van der Waals surface area contributed by atoms with E-state index in [0.29, 0.717) is 30.9 Å².